The van der Waals surface area contributed by atoms with Crippen molar-refractivity contribution < 1.29 is 9.60 Å². The van der Waals surface area contributed by atoms with Gasteiger partial charge in [0.15, 0.2) is 0 Å². The summed E-state index contributed by atoms with van der Waals surface area (Å²) in [5.41, 5.74) is 9.57. The average Bonchev–Trinajstić information content (AvgIpc) is 3.80. The van der Waals surface area contributed by atoms with E-state index in [1.54, 1.807) is 0 Å². The molecule has 0 saturated heterocycles. The molecule has 10 aromatic carbocycles. The van der Waals surface area contributed by atoms with Gasteiger partial charge >= 0.3 is 0 Å². The van der Waals surface area contributed by atoms with Gasteiger partial charge in [-0.3, -0.25) is 4.98 Å². The molecule has 0 aliphatic carbocycles. The predicted octanol–water partition coefficient (Wildman–Crippen LogP) is 16.9. The van der Waals surface area contributed by atoms with Crippen molar-refractivity contribution in [3.8, 4) is 65.5 Å². The minimum atomic E-state index is -0.462. The van der Waals surface area contributed by atoms with E-state index in [1.807, 2.05) is 47.7 Å². The molecule has 3 heteroatoms. The second-order valence-corrected chi connectivity index (χ2v) is 16.9. The number of rotatable bonds is 6. The third-order valence-corrected chi connectivity index (χ3v) is 13.6. The second kappa shape index (κ2) is 14.3. The van der Waals surface area contributed by atoms with Gasteiger partial charge in [0, 0.05) is 49.0 Å². The van der Waals surface area contributed by atoms with Gasteiger partial charge in [-0.05, 0) is 89.1 Å². The van der Waals surface area contributed by atoms with Crippen molar-refractivity contribution in [2.24, 2.45) is 0 Å². The number of aromatic nitrogens is 2. The molecule has 0 aliphatic rings. The van der Waals surface area contributed by atoms with Gasteiger partial charge in [0.2, 0.25) is 0 Å². The zero-order chi connectivity index (χ0) is 47.5. The first-order chi connectivity index (χ1) is 34.2. The highest BCUT2D eigenvalue weighted by Gasteiger charge is 2.25. The van der Waals surface area contributed by atoms with Gasteiger partial charge in [-0.2, -0.15) is 0 Å². The second-order valence-electron chi connectivity index (χ2n) is 15.9. The third-order valence-electron chi connectivity index (χ3n) is 12.4. The van der Waals surface area contributed by atoms with Crippen molar-refractivity contribution in [3.05, 3.63) is 218 Å². The first-order valence-electron chi connectivity index (χ1n) is 24.4. The summed E-state index contributed by atoms with van der Waals surface area (Å²) in [6, 6.07) is 59.9. The molecule has 0 spiro atoms. The minimum Gasteiger partial charge on any atom is -0.254 e. The van der Waals surface area contributed by atoms with E-state index >= 15 is 0 Å². The van der Waals surface area contributed by atoms with Gasteiger partial charge in [0.05, 0.1) is 26.3 Å². The lowest BCUT2D eigenvalue weighted by molar-refractivity contribution is 1.37. The number of hydrogen-bond donors (Lipinski definition) is 0. The Hall–Kier alpha value is -7.98. The van der Waals surface area contributed by atoms with Gasteiger partial charge in [-0.25, -0.2) is 4.98 Å². The first kappa shape index (κ1) is 29.3. The molecule has 0 atom stereocenters. The Morgan fingerprint density at radius 2 is 0.968 bits per heavy atom. The molecule has 3 heterocycles. The van der Waals surface area contributed by atoms with E-state index in [4.69, 9.17) is 13.2 Å². The Labute approximate surface area is 378 Å². The molecule has 3 aromatic heterocycles. The number of pyridine rings is 2. The molecule has 2 nitrogen and oxygen atoms in total. The first-order valence-corrected chi connectivity index (χ1v) is 21.7. The van der Waals surface area contributed by atoms with E-state index in [0.29, 0.717) is 5.56 Å². The lowest BCUT2D eigenvalue weighted by atomic mass is 9.87. The van der Waals surface area contributed by atoms with Crippen LogP contribution in [0.1, 0.15) is 9.60 Å². The Bertz CT molecular complexity index is 4310. The molecule has 0 unspecified atom stereocenters. The van der Waals surface area contributed by atoms with Crippen LogP contribution in [0.15, 0.2) is 218 Å². The lowest BCUT2D eigenvalue weighted by Gasteiger charge is -2.16. The van der Waals surface area contributed by atoms with E-state index in [-0.39, 0.29) is 51.7 Å². The third kappa shape index (κ3) is 5.71. The van der Waals surface area contributed by atoms with E-state index < -0.39 is 18.3 Å². The van der Waals surface area contributed by atoms with Crippen molar-refractivity contribution in [2.45, 2.75) is 0 Å². The van der Waals surface area contributed by atoms with Crippen molar-refractivity contribution >= 4 is 76.2 Å². The minimum absolute atomic E-state index is 0.00465. The largest absolute Gasteiger partial charge is 0.254 e. The van der Waals surface area contributed by atoms with Crippen LogP contribution >= 0.6 is 11.3 Å². The monoisotopic (exact) mass is 823 g/mol. The van der Waals surface area contributed by atoms with Crippen LogP contribution in [0.5, 0.6) is 0 Å². The number of thiophene rings is 1. The SMILES string of the molecule is [2H]c1nc2c(c([2H])c1[2H])c([2H])c([2H])c1c([2H])c([2H])c(-c3ccc(-c4cccc(-c5c(-c6ccccc6)sc(-c6ccc7ccc8cccc9ccc6c7c89)c5-c5ccccc5)c4)c4ccccc34)nc12. The molecule has 13 aromatic rings. The van der Waals surface area contributed by atoms with Gasteiger partial charge in [-0.1, -0.05) is 194 Å². The van der Waals surface area contributed by atoms with E-state index in [9.17, 15) is 1.37 Å². The topological polar surface area (TPSA) is 25.8 Å². The van der Waals surface area contributed by atoms with Crippen molar-refractivity contribution in [1.82, 2.24) is 9.97 Å². The summed E-state index contributed by atoms with van der Waals surface area (Å²) in [6.45, 7) is 0. The summed E-state index contributed by atoms with van der Waals surface area (Å²) >= 11 is 1.83. The Morgan fingerprint density at radius 1 is 0.381 bits per heavy atom. The summed E-state index contributed by atoms with van der Waals surface area (Å²) in [6.07, 6.45) is -0.462. The molecule has 292 valence electrons. The molecular formula is C60H36N2S. The number of hydrogen-bond acceptors (Lipinski definition) is 3. The predicted molar refractivity (Wildman–Crippen MR) is 269 cm³/mol. The van der Waals surface area contributed by atoms with Crippen molar-refractivity contribution in [3.63, 3.8) is 0 Å². The maximum absolute atomic E-state index is 9.25. The van der Waals surface area contributed by atoms with Crippen molar-refractivity contribution in [1.29, 1.82) is 0 Å². The van der Waals surface area contributed by atoms with E-state index in [2.05, 4.69) is 145 Å². The maximum Gasteiger partial charge on any atom is 0.0972 e. The molecule has 0 N–H and O–H groups in total. The highest BCUT2D eigenvalue weighted by molar-refractivity contribution is 7.20. The average molecular weight is 824 g/mol. The smallest absolute Gasteiger partial charge is 0.0972 e. The molecule has 0 amide bonds. The van der Waals surface area contributed by atoms with Crippen LogP contribution in [-0.4, -0.2) is 9.97 Å². The van der Waals surface area contributed by atoms with Crippen LogP contribution in [0.25, 0.3) is 130 Å². The maximum atomic E-state index is 9.25. The van der Waals surface area contributed by atoms with E-state index in [0.717, 1.165) is 49.7 Å². The molecule has 0 radical (unpaired) electrons. The molecule has 63 heavy (non-hydrogen) atoms. The Balaban J connectivity index is 1.03. The van der Waals surface area contributed by atoms with Gasteiger partial charge in [-0.15, -0.1) is 11.3 Å². The fraction of sp³-hybridized carbons (Fsp3) is 0. The van der Waals surface area contributed by atoms with Gasteiger partial charge in [0.25, 0.3) is 0 Å². The van der Waals surface area contributed by atoms with Gasteiger partial charge < -0.3 is 0 Å². The van der Waals surface area contributed by atoms with Crippen LogP contribution in [0.2, 0.25) is 0 Å². The Morgan fingerprint density at radius 3 is 1.78 bits per heavy atom. The fourth-order valence-electron chi connectivity index (χ4n) is 9.54. The summed E-state index contributed by atoms with van der Waals surface area (Å²) in [4.78, 5) is 11.5. The highest BCUT2D eigenvalue weighted by Crippen LogP contribution is 2.54. The van der Waals surface area contributed by atoms with Crippen LogP contribution in [0.3, 0.4) is 0 Å². The van der Waals surface area contributed by atoms with Crippen LogP contribution < -0.4 is 0 Å². The number of fused-ring (bicyclic) bond motifs is 4. The van der Waals surface area contributed by atoms with Crippen LogP contribution in [-0.2, 0) is 0 Å². The van der Waals surface area contributed by atoms with Crippen LogP contribution in [0.4, 0.5) is 0 Å². The lowest BCUT2D eigenvalue weighted by Crippen LogP contribution is -1.91. The normalized spacial score (nSPS) is 13.4. The molecule has 0 saturated carbocycles. The zero-order valence-corrected chi connectivity index (χ0v) is 34.4. The zero-order valence-electron chi connectivity index (χ0n) is 40.5. The summed E-state index contributed by atoms with van der Waals surface area (Å²) < 4.78 is 61.1. The summed E-state index contributed by atoms with van der Waals surface area (Å²) in [5, 5.41) is 9.03. The summed E-state index contributed by atoms with van der Waals surface area (Å²) in [7, 11) is 0. The van der Waals surface area contributed by atoms with Gasteiger partial charge in [0.1, 0.15) is 0 Å². The number of benzene rings is 10. The Kier molecular flexibility index (Phi) is 6.66. The van der Waals surface area contributed by atoms with E-state index in [1.165, 1.54) is 47.6 Å². The fourth-order valence-corrected chi connectivity index (χ4v) is 10.9. The summed E-state index contributed by atoms with van der Waals surface area (Å²) in [5.74, 6) is 0. The number of nitrogens with zero attached hydrogens (tertiary/aromatic N) is 2. The molecule has 0 aliphatic heterocycles. The van der Waals surface area contributed by atoms with Crippen LogP contribution in [0, 0.1) is 0 Å². The standard InChI is InChI=1S/C60H36N2S/c1-3-12-37(13-4-1)55-56(59(43-14-5-2-6-15-43)63-60(55)51-31-28-40-24-23-38-16-9-17-39-27-30-50(51)54(40)53(38)39)45-19-10-18-44(36-45)46-32-33-49(48-22-8-7-21-47(46)48)52-34-29-42-26-25-41-20-11-35-61-57(41)58(42)62-52/h1-36H/i11D,20D,25D,26D,29D,34D,35D. The van der Waals surface area contributed by atoms with Crippen molar-refractivity contribution in [2.75, 3.05) is 0 Å². The molecule has 0 fully saturated rings. The molecule has 13 rings (SSSR count). The molecule has 0 bridgehead atoms. The molecular weight excluding hydrogens is 781 g/mol. The quantitative estimate of drug-likeness (QED) is 0.156. The highest BCUT2D eigenvalue weighted by atomic mass is 32.1.